The number of pyridine rings is 1. The number of aliphatic carboxylic acids is 1. The maximum atomic E-state index is 14.4. The van der Waals surface area contributed by atoms with Gasteiger partial charge >= 0.3 is 12.0 Å². The van der Waals surface area contributed by atoms with Crippen LogP contribution in [0.2, 0.25) is 0 Å². The number of nitrogens with two attached hydrogens (primary N) is 2. The number of hydrogen-bond acceptors (Lipinski definition) is 14. The Morgan fingerprint density at radius 2 is 2.16 bits per heavy atom. The van der Waals surface area contributed by atoms with Crippen LogP contribution in [0.5, 0.6) is 6.01 Å². The zero-order valence-electron chi connectivity index (χ0n) is 23.8. The Bertz CT molecular complexity index is 1660. The van der Waals surface area contributed by atoms with Crippen LogP contribution in [0.25, 0.3) is 0 Å². The average molecular weight is 639 g/mol. The lowest BCUT2D eigenvalue weighted by atomic mass is 9.88. The van der Waals surface area contributed by atoms with Gasteiger partial charge in [-0.2, -0.15) is 20.2 Å². The summed E-state index contributed by atoms with van der Waals surface area (Å²) in [7, 11) is 0. The predicted molar refractivity (Wildman–Crippen MR) is 164 cm³/mol. The summed E-state index contributed by atoms with van der Waals surface area (Å²) in [6.07, 6.45) is 2.84. The number of nitriles is 1. The quantitative estimate of drug-likeness (QED) is 0.310. The molecule has 16 heteroatoms. The third kappa shape index (κ3) is 4.92. The number of thioether (sulfide) groups is 1. The third-order valence-electron chi connectivity index (χ3n) is 8.95. The van der Waals surface area contributed by atoms with E-state index in [1.807, 2.05) is 4.90 Å². The van der Waals surface area contributed by atoms with E-state index < -0.39 is 24.2 Å². The largest absolute Gasteiger partial charge is 0.480 e. The summed E-state index contributed by atoms with van der Waals surface area (Å²) in [4.78, 5) is 36.7. The van der Waals surface area contributed by atoms with Gasteiger partial charge in [-0.3, -0.25) is 9.69 Å². The molecule has 2 atom stereocenters. The number of alkyl halides is 1. The molecule has 0 aromatic carbocycles. The molecule has 3 aromatic rings. The number of halogens is 1. The maximum Gasteiger partial charge on any atom is 0.323 e. The van der Waals surface area contributed by atoms with E-state index in [1.54, 1.807) is 30.1 Å². The van der Waals surface area contributed by atoms with Crippen molar-refractivity contribution in [3.05, 3.63) is 39.9 Å². The van der Waals surface area contributed by atoms with Crippen LogP contribution in [-0.2, 0) is 21.8 Å². The molecule has 4 aliphatic heterocycles. The highest BCUT2D eigenvalue weighted by Crippen LogP contribution is 2.57. The molecular formula is C28H31FN10O3S2. The minimum atomic E-state index is -1.07. The van der Waals surface area contributed by atoms with E-state index >= 15 is 0 Å². The maximum absolute atomic E-state index is 14.4. The van der Waals surface area contributed by atoms with Crippen LogP contribution in [-0.4, -0.2) is 87.0 Å². The summed E-state index contributed by atoms with van der Waals surface area (Å²) >= 11 is 3.24. The van der Waals surface area contributed by atoms with Gasteiger partial charge in [0.1, 0.15) is 36.2 Å². The fourth-order valence-electron chi connectivity index (χ4n) is 6.91. The number of nitrogens with zero attached hydrogens (tertiary/aromatic N) is 8. The first-order valence-corrected chi connectivity index (χ1v) is 16.1. The van der Waals surface area contributed by atoms with Gasteiger partial charge in [0.2, 0.25) is 11.9 Å². The Morgan fingerprint density at radius 1 is 1.32 bits per heavy atom. The fraction of sp³-hybridized carbons (Fsp3) is 0.500. The Labute approximate surface area is 261 Å². The second kappa shape index (κ2) is 10.9. The number of anilines is 4. The van der Waals surface area contributed by atoms with Gasteiger partial charge in [0.15, 0.2) is 0 Å². The van der Waals surface area contributed by atoms with Crippen LogP contribution < -0.4 is 26.0 Å². The first-order valence-electron chi connectivity index (χ1n) is 14.3. The van der Waals surface area contributed by atoms with Crippen molar-refractivity contribution in [2.45, 2.75) is 48.0 Å². The summed E-state index contributed by atoms with van der Waals surface area (Å²) in [5.74, 6) is 0.428. The van der Waals surface area contributed by atoms with Crippen molar-refractivity contribution in [1.29, 1.82) is 5.26 Å². The fourth-order valence-corrected chi connectivity index (χ4v) is 9.72. The van der Waals surface area contributed by atoms with Crippen molar-refractivity contribution in [1.82, 2.24) is 24.8 Å². The van der Waals surface area contributed by atoms with Crippen LogP contribution in [0.4, 0.5) is 27.1 Å². The molecule has 5 N–H and O–H groups in total. The van der Waals surface area contributed by atoms with Gasteiger partial charge < -0.3 is 31.1 Å². The molecule has 230 valence electrons. The number of aromatic nitrogens is 4. The molecule has 7 heterocycles. The lowest BCUT2D eigenvalue weighted by molar-refractivity contribution is -0.135. The molecule has 0 unspecified atom stereocenters. The highest BCUT2D eigenvalue weighted by molar-refractivity contribution is 8.00. The molecule has 13 nitrogen and oxygen atoms in total. The highest BCUT2D eigenvalue weighted by Gasteiger charge is 2.53. The van der Waals surface area contributed by atoms with Crippen LogP contribution in [0.15, 0.2) is 18.3 Å². The molecule has 44 heavy (non-hydrogen) atoms. The summed E-state index contributed by atoms with van der Waals surface area (Å²) in [6, 6.07) is 5.82. The van der Waals surface area contributed by atoms with E-state index in [0.717, 1.165) is 35.6 Å². The number of carboxylic acids is 1. The van der Waals surface area contributed by atoms with Gasteiger partial charge in [-0.1, -0.05) is 6.07 Å². The normalized spacial score (nSPS) is 23.3. The molecule has 1 spiro atoms. The number of thiophene rings is 1. The van der Waals surface area contributed by atoms with Gasteiger partial charge in [0, 0.05) is 54.0 Å². The molecule has 0 saturated carbocycles. The second-order valence-corrected chi connectivity index (χ2v) is 14.3. The molecule has 0 aliphatic carbocycles. The third-order valence-corrected chi connectivity index (χ3v) is 11.6. The number of carboxylic acid groups (broad SMARTS) is 1. The zero-order chi connectivity index (χ0) is 30.6. The SMILES string of the molecule is N#Cc1c(N)sc2c1C1(CN(c3nc(OC[C@@]45CCCN4C[C@H](F)C5)nc(N(CC(=O)O)Cc4cccnc4N)n3)C1)SC2. The minimum Gasteiger partial charge on any atom is -0.480 e. The van der Waals surface area contributed by atoms with Gasteiger partial charge in [-0.05, 0) is 25.5 Å². The van der Waals surface area contributed by atoms with Crippen molar-refractivity contribution in [2.75, 3.05) is 60.6 Å². The lowest BCUT2D eigenvalue weighted by Crippen LogP contribution is -2.57. The predicted octanol–water partition coefficient (Wildman–Crippen LogP) is 2.37. The van der Waals surface area contributed by atoms with Crippen LogP contribution >= 0.6 is 23.1 Å². The number of rotatable bonds is 9. The van der Waals surface area contributed by atoms with Crippen LogP contribution in [0.1, 0.15) is 40.8 Å². The Balaban J connectivity index is 1.21. The highest BCUT2D eigenvalue weighted by atomic mass is 32.2. The molecule has 3 fully saturated rings. The topological polar surface area (TPSA) is 184 Å². The number of hydrogen-bond donors (Lipinski definition) is 3. The Kier molecular flexibility index (Phi) is 7.13. The monoisotopic (exact) mass is 638 g/mol. The van der Waals surface area contributed by atoms with Gasteiger partial charge in [-0.15, -0.1) is 23.1 Å². The summed E-state index contributed by atoms with van der Waals surface area (Å²) < 4.78 is 20.3. The Hall–Kier alpha value is -3.94. The number of ether oxygens (including phenoxy) is 1. The van der Waals surface area contributed by atoms with E-state index in [0.29, 0.717) is 48.1 Å². The van der Waals surface area contributed by atoms with E-state index in [2.05, 4.69) is 25.9 Å². The summed E-state index contributed by atoms with van der Waals surface area (Å²) in [6.45, 7) is 2.20. The van der Waals surface area contributed by atoms with E-state index in [1.165, 1.54) is 16.2 Å². The first kappa shape index (κ1) is 28.8. The van der Waals surface area contributed by atoms with Crippen molar-refractivity contribution < 1.29 is 19.0 Å². The van der Waals surface area contributed by atoms with E-state index in [9.17, 15) is 19.6 Å². The molecule has 3 saturated heterocycles. The molecule has 7 rings (SSSR count). The molecule has 3 aromatic heterocycles. The Morgan fingerprint density at radius 3 is 2.93 bits per heavy atom. The van der Waals surface area contributed by atoms with Crippen molar-refractivity contribution >= 4 is 51.8 Å². The number of nitrogen functional groups attached to an aromatic ring is 2. The standard InChI is InChI=1S/C28H31FN10O3S2/c29-17-7-27(4-2-6-39(27)10-17)15-42-26-35-24(37(11-20(40)41)9-16-3-1-5-33-22(16)31)34-25(36-26)38-13-28(14-38)21-18(8-30)23(32)44-19(21)12-43-28/h1,3,5,17H,2,4,6-7,9-15,32H2,(H2,31,33)(H,40,41)/t17-,27+/m1/s1. The molecule has 0 radical (unpaired) electrons. The van der Waals surface area contributed by atoms with Crippen LogP contribution in [0.3, 0.4) is 0 Å². The van der Waals surface area contributed by atoms with Gasteiger partial charge in [-0.25, -0.2) is 9.37 Å². The smallest absolute Gasteiger partial charge is 0.323 e. The number of fused-ring (bicyclic) bond motifs is 3. The zero-order valence-corrected chi connectivity index (χ0v) is 25.4. The van der Waals surface area contributed by atoms with Gasteiger partial charge in [0.05, 0.1) is 22.4 Å². The molecule has 0 amide bonds. The second-order valence-electron chi connectivity index (χ2n) is 11.8. The van der Waals surface area contributed by atoms with Crippen molar-refractivity contribution in [2.24, 2.45) is 0 Å². The van der Waals surface area contributed by atoms with Crippen molar-refractivity contribution in [3.8, 4) is 12.1 Å². The van der Waals surface area contributed by atoms with Crippen molar-refractivity contribution in [3.63, 3.8) is 0 Å². The average Bonchev–Trinajstić information content (AvgIpc) is 3.69. The van der Waals surface area contributed by atoms with E-state index in [-0.39, 0.29) is 35.7 Å². The van der Waals surface area contributed by atoms with Gasteiger partial charge in [0.25, 0.3) is 0 Å². The lowest BCUT2D eigenvalue weighted by Gasteiger charge is -2.47. The summed E-state index contributed by atoms with van der Waals surface area (Å²) in [5.41, 5.74) is 14.0. The van der Waals surface area contributed by atoms with E-state index in [4.69, 9.17) is 21.2 Å². The molecular weight excluding hydrogens is 608 g/mol. The summed E-state index contributed by atoms with van der Waals surface area (Å²) in [5, 5.41) is 20.1. The molecule has 0 bridgehead atoms. The number of carbonyl (C=O) groups is 1. The minimum absolute atomic E-state index is 0.0429. The first-order chi connectivity index (χ1) is 21.2. The molecule has 4 aliphatic rings. The van der Waals surface area contributed by atoms with Crippen LogP contribution in [0, 0.1) is 11.3 Å².